The molecule has 1 aliphatic rings. The maximum absolute atomic E-state index is 11.0. The van der Waals surface area contributed by atoms with Crippen LogP contribution in [-0.4, -0.2) is 40.4 Å². The van der Waals surface area contributed by atoms with Crippen LogP contribution in [0.25, 0.3) is 0 Å². The van der Waals surface area contributed by atoms with Gasteiger partial charge in [-0.3, -0.25) is 4.90 Å². The van der Waals surface area contributed by atoms with Crippen molar-refractivity contribution in [1.82, 2.24) is 10.1 Å². The largest absolute Gasteiger partial charge is 0.476 e. The average molecular weight is 212 g/mol. The van der Waals surface area contributed by atoms with E-state index in [0.717, 1.165) is 0 Å². The number of amides is 1. The van der Waals surface area contributed by atoms with Gasteiger partial charge in [-0.1, -0.05) is 5.16 Å². The molecule has 0 saturated carbocycles. The second kappa shape index (κ2) is 3.60. The molecular weight excluding hydrogens is 204 g/mol. The van der Waals surface area contributed by atoms with Gasteiger partial charge < -0.3 is 14.4 Å². The highest BCUT2D eigenvalue weighted by atomic mass is 16.6. The third-order valence-corrected chi connectivity index (χ3v) is 1.97. The van der Waals surface area contributed by atoms with Crippen LogP contribution in [0.15, 0.2) is 10.6 Å². The molecule has 0 atom stereocenters. The SMILES string of the molecule is O=C(O)c1cc(CN2CCOC2=O)on1. The van der Waals surface area contributed by atoms with E-state index in [1.807, 2.05) is 0 Å². The van der Waals surface area contributed by atoms with Crippen LogP contribution in [0.2, 0.25) is 0 Å². The fraction of sp³-hybridized carbons (Fsp3) is 0.375. The molecule has 1 aromatic rings. The zero-order valence-corrected chi connectivity index (χ0v) is 7.67. The number of carboxylic acid groups (broad SMARTS) is 1. The molecule has 1 aromatic heterocycles. The maximum Gasteiger partial charge on any atom is 0.410 e. The second-order valence-electron chi connectivity index (χ2n) is 3.02. The number of carboxylic acids is 1. The molecule has 0 radical (unpaired) electrons. The van der Waals surface area contributed by atoms with Crippen molar-refractivity contribution in [3.05, 3.63) is 17.5 Å². The van der Waals surface area contributed by atoms with E-state index in [0.29, 0.717) is 18.9 Å². The molecule has 7 heteroatoms. The predicted molar refractivity (Wildman–Crippen MR) is 45.2 cm³/mol. The van der Waals surface area contributed by atoms with Crippen molar-refractivity contribution < 1.29 is 24.0 Å². The summed E-state index contributed by atoms with van der Waals surface area (Å²) in [5.74, 6) is -0.833. The third kappa shape index (κ3) is 1.90. The van der Waals surface area contributed by atoms with Gasteiger partial charge in [-0.2, -0.15) is 0 Å². The Morgan fingerprint density at radius 1 is 1.67 bits per heavy atom. The number of carbonyl (C=O) groups excluding carboxylic acids is 1. The van der Waals surface area contributed by atoms with Gasteiger partial charge in [-0.05, 0) is 0 Å². The Kier molecular flexibility index (Phi) is 2.28. The molecular formula is C8H8N2O5. The summed E-state index contributed by atoms with van der Waals surface area (Å²) in [6, 6.07) is 1.29. The highest BCUT2D eigenvalue weighted by molar-refractivity contribution is 5.85. The molecule has 0 spiro atoms. The Hall–Kier alpha value is -2.05. The van der Waals surface area contributed by atoms with E-state index in [2.05, 4.69) is 5.16 Å². The topological polar surface area (TPSA) is 92.9 Å². The molecule has 15 heavy (non-hydrogen) atoms. The van der Waals surface area contributed by atoms with Crippen LogP contribution in [0.3, 0.4) is 0 Å². The molecule has 80 valence electrons. The lowest BCUT2D eigenvalue weighted by Gasteiger charge is -2.08. The quantitative estimate of drug-likeness (QED) is 0.775. The molecule has 0 bridgehead atoms. The molecule has 2 heterocycles. The Morgan fingerprint density at radius 2 is 2.47 bits per heavy atom. The van der Waals surface area contributed by atoms with Gasteiger partial charge in [0.25, 0.3) is 0 Å². The van der Waals surface area contributed by atoms with Crippen LogP contribution in [-0.2, 0) is 11.3 Å². The van der Waals surface area contributed by atoms with Crippen LogP contribution in [0.4, 0.5) is 4.79 Å². The lowest BCUT2D eigenvalue weighted by molar-refractivity contribution is 0.0685. The van der Waals surface area contributed by atoms with Gasteiger partial charge in [-0.25, -0.2) is 9.59 Å². The Balaban J connectivity index is 2.04. The van der Waals surface area contributed by atoms with Crippen molar-refractivity contribution >= 4 is 12.1 Å². The van der Waals surface area contributed by atoms with Crippen LogP contribution in [0.1, 0.15) is 16.2 Å². The fourth-order valence-corrected chi connectivity index (χ4v) is 1.25. The van der Waals surface area contributed by atoms with E-state index in [1.54, 1.807) is 0 Å². The summed E-state index contributed by atoms with van der Waals surface area (Å²) in [7, 11) is 0. The molecule has 1 saturated heterocycles. The number of ether oxygens (including phenoxy) is 1. The van der Waals surface area contributed by atoms with Crippen LogP contribution < -0.4 is 0 Å². The molecule has 1 N–H and O–H groups in total. The first-order chi connectivity index (χ1) is 7.16. The first-order valence-electron chi connectivity index (χ1n) is 4.27. The van der Waals surface area contributed by atoms with Gasteiger partial charge in [0.2, 0.25) is 0 Å². The minimum atomic E-state index is -1.16. The summed E-state index contributed by atoms with van der Waals surface area (Å²) in [6.07, 6.45) is -0.428. The zero-order valence-electron chi connectivity index (χ0n) is 7.67. The van der Waals surface area contributed by atoms with Crippen molar-refractivity contribution in [3.8, 4) is 0 Å². The third-order valence-electron chi connectivity index (χ3n) is 1.97. The fourth-order valence-electron chi connectivity index (χ4n) is 1.25. The van der Waals surface area contributed by atoms with E-state index in [-0.39, 0.29) is 12.2 Å². The highest BCUT2D eigenvalue weighted by Gasteiger charge is 2.23. The lowest BCUT2D eigenvalue weighted by Crippen LogP contribution is -2.23. The average Bonchev–Trinajstić information content (AvgIpc) is 2.77. The van der Waals surface area contributed by atoms with Crippen LogP contribution in [0.5, 0.6) is 0 Å². The Labute approximate surface area is 84.2 Å². The minimum absolute atomic E-state index is 0.169. The molecule has 1 amide bonds. The number of cyclic esters (lactones) is 1. The monoisotopic (exact) mass is 212 g/mol. The summed E-state index contributed by atoms with van der Waals surface area (Å²) in [4.78, 5) is 22.9. The minimum Gasteiger partial charge on any atom is -0.476 e. The predicted octanol–water partition coefficient (Wildman–Crippen LogP) is 0.325. The van der Waals surface area contributed by atoms with Gasteiger partial charge in [0, 0.05) is 6.07 Å². The molecule has 7 nitrogen and oxygen atoms in total. The van der Waals surface area contributed by atoms with E-state index in [1.165, 1.54) is 11.0 Å². The van der Waals surface area contributed by atoms with Crippen molar-refractivity contribution in [2.45, 2.75) is 6.54 Å². The van der Waals surface area contributed by atoms with Crippen LogP contribution >= 0.6 is 0 Å². The molecule has 0 aliphatic carbocycles. The number of hydrogen-bond donors (Lipinski definition) is 1. The first-order valence-corrected chi connectivity index (χ1v) is 4.27. The Bertz CT molecular complexity index is 399. The second-order valence-corrected chi connectivity index (χ2v) is 3.02. The lowest BCUT2D eigenvalue weighted by atomic mass is 10.3. The Morgan fingerprint density at radius 3 is 3.00 bits per heavy atom. The van der Waals surface area contributed by atoms with Gasteiger partial charge in [0.05, 0.1) is 13.1 Å². The normalized spacial score (nSPS) is 15.5. The summed E-state index contributed by atoms with van der Waals surface area (Å²) < 4.78 is 9.46. The maximum atomic E-state index is 11.0. The standard InChI is InChI=1S/C8H8N2O5/c11-7(12)6-3-5(15-9-6)4-10-1-2-14-8(10)13/h3H,1-2,4H2,(H,11,12). The molecule has 0 aromatic carbocycles. The number of rotatable bonds is 3. The van der Waals surface area contributed by atoms with Crippen molar-refractivity contribution in [3.63, 3.8) is 0 Å². The number of carbonyl (C=O) groups is 2. The summed E-state index contributed by atoms with van der Waals surface area (Å²) in [6.45, 7) is 1.000. The zero-order chi connectivity index (χ0) is 10.8. The molecule has 2 rings (SSSR count). The summed E-state index contributed by atoms with van der Waals surface area (Å²) in [5.41, 5.74) is -0.169. The smallest absolute Gasteiger partial charge is 0.410 e. The van der Waals surface area contributed by atoms with Crippen molar-refractivity contribution in [1.29, 1.82) is 0 Å². The number of aromatic nitrogens is 1. The summed E-state index contributed by atoms with van der Waals surface area (Å²) in [5, 5.41) is 11.9. The van der Waals surface area contributed by atoms with E-state index >= 15 is 0 Å². The first kappa shape index (κ1) is 9.50. The summed E-state index contributed by atoms with van der Waals surface area (Å²) >= 11 is 0. The number of hydrogen-bond acceptors (Lipinski definition) is 5. The van der Waals surface area contributed by atoms with Crippen LogP contribution in [0, 0.1) is 0 Å². The van der Waals surface area contributed by atoms with E-state index in [9.17, 15) is 9.59 Å². The number of nitrogens with zero attached hydrogens (tertiary/aromatic N) is 2. The molecule has 1 aliphatic heterocycles. The van der Waals surface area contributed by atoms with Gasteiger partial charge >= 0.3 is 12.1 Å². The number of aromatic carboxylic acids is 1. The highest BCUT2D eigenvalue weighted by Crippen LogP contribution is 2.11. The molecule has 1 fully saturated rings. The van der Waals surface area contributed by atoms with Gasteiger partial charge in [-0.15, -0.1) is 0 Å². The van der Waals surface area contributed by atoms with Gasteiger partial charge in [0.15, 0.2) is 11.5 Å². The van der Waals surface area contributed by atoms with E-state index < -0.39 is 12.1 Å². The molecule has 0 unspecified atom stereocenters. The van der Waals surface area contributed by atoms with Gasteiger partial charge in [0.1, 0.15) is 6.61 Å². The van der Waals surface area contributed by atoms with Crippen molar-refractivity contribution in [2.75, 3.05) is 13.2 Å². The van der Waals surface area contributed by atoms with Crippen molar-refractivity contribution in [2.24, 2.45) is 0 Å². The van der Waals surface area contributed by atoms with E-state index in [4.69, 9.17) is 14.4 Å².